The number of hydrogen-bond donors (Lipinski definition) is 1. The number of imide groups is 1. The van der Waals surface area contributed by atoms with Gasteiger partial charge in [-0.15, -0.1) is 5.10 Å². The van der Waals surface area contributed by atoms with Gasteiger partial charge in [-0.1, -0.05) is 30.0 Å². The molecule has 1 heterocycles. The largest absolute Gasteiger partial charge is 0.378 e. The van der Waals surface area contributed by atoms with Crippen molar-refractivity contribution in [1.29, 1.82) is 0 Å². The van der Waals surface area contributed by atoms with Gasteiger partial charge in [0.05, 0.1) is 11.4 Å². The number of anilines is 2. The second-order valence-electron chi connectivity index (χ2n) is 7.35. The quantitative estimate of drug-likeness (QED) is 0.312. The molecule has 2 amide bonds. The van der Waals surface area contributed by atoms with Gasteiger partial charge in [-0.3, -0.25) is 9.59 Å². The number of benzene rings is 2. The second kappa shape index (κ2) is 10.2. The topological polar surface area (TPSA) is 91.4 Å². The number of hydrogen-bond acceptors (Lipinski definition) is 6. The number of amides is 2. The van der Waals surface area contributed by atoms with Crippen molar-refractivity contribution in [3.63, 3.8) is 0 Å². The van der Waals surface area contributed by atoms with Gasteiger partial charge in [0.2, 0.25) is 11.8 Å². The van der Waals surface area contributed by atoms with Crippen LogP contribution in [0.15, 0.2) is 64.8 Å². The molecule has 2 N–H and O–H groups in total. The predicted octanol–water partition coefficient (Wildman–Crippen LogP) is 3.66. The molecule has 1 saturated heterocycles. The van der Waals surface area contributed by atoms with Crippen molar-refractivity contribution in [2.24, 2.45) is 15.9 Å². The van der Waals surface area contributed by atoms with Crippen LogP contribution in [0, 0.1) is 5.82 Å². The lowest BCUT2D eigenvalue weighted by Gasteiger charge is -2.14. The van der Waals surface area contributed by atoms with E-state index in [1.54, 1.807) is 6.92 Å². The van der Waals surface area contributed by atoms with Gasteiger partial charge in [-0.25, -0.2) is 9.29 Å². The van der Waals surface area contributed by atoms with E-state index < -0.39 is 17.0 Å². The number of carbonyl (C=O) groups excluding carboxylic acids is 2. The van der Waals surface area contributed by atoms with Crippen LogP contribution in [0.4, 0.5) is 15.8 Å². The lowest BCUT2D eigenvalue weighted by molar-refractivity contribution is -0.121. The molecule has 1 unspecified atom stereocenters. The van der Waals surface area contributed by atoms with Gasteiger partial charge in [-0.05, 0) is 55.0 Å². The minimum atomic E-state index is -0.697. The second-order valence-corrected chi connectivity index (χ2v) is 8.58. The highest BCUT2D eigenvalue weighted by Crippen LogP contribution is 2.29. The van der Waals surface area contributed by atoms with Gasteiger partial charge in [0.1, 0.15) is 11.1 Å². The first-order valence-corrected chi connectivity index (χ1v) is 10.7. The molecule has 1 aliphatic rings. The lowest BCUT2D eigenvalue weighted by Crippen LogP contribution is -2.31. The third-order valence-corrected chi connectivity index (χ3v) is 5.66. The highest BCUT2D eigenvalue weighted by molar-refractivity contribution is 8.14. The average molecular weight is 454 g/mol. The molecule has 9 heteroatoms. The summed E-state index contributed by atoms with van der Waals surface area (Å²) in [7, 11) is 3.97. The molecule has 0 saturated carbocycles. The number of allylic oxidation sites excluding steroid dienone is 1. The number of halogens is 1. The zero-order chi connectivity index (χ0) is 23.3. The van der Waals surface area contributed by atoms with Crippen LogP contribution in [0.1, 0.15) is 18.9 Å². The summed E-state index contributed by atoms with van der Waals surface area (Å²) in [4.78, 5) is 28.0. The average Bonchev–Trinajstić information content (AvgIpc) is 3.04. The van der Waals surface area contributed by atoms with E-state index in [0.29, 0.717) is 11.4 Å². The Bertz CT molecular complexity index is 1080. The Hall–Kier alpha value is -3.46. The molecule has 2 aromatic carbocycles. The SMILES string of the molecule is CC(C=Cc1ccc(N(C)C)cc1)=NN=C(N)SC1CC(=O)N(c2ccc(F)cc2)C1=O. The van der Waals surface area contributed by atoms with Gasteiger partial charge >= 0.3 is 0 Å². The normalized spacial score (nSPS) is 17.5. The fourth-order valence-electron chi connectivity index (χ4n) is 2.99. The number of nitrogens with zero attached hydrogens (tertiary/aromatic N) is 4. The third kappa shape index (κ3) is 5.82. The molecule has 3 rings (SSSR count). The summed E-state index contributed by atoms with van der Waals surface area (Å²) in [6.45, 7) is 1.78. The van der Waals surface area contributed by atoms with Crippen LogP contribution < -0.4 is 15.5 Å². The highest BCUT2D eigenvalue weighted by Gasteiger charge is 2.40. The van der Waals surface area contributed by atoms with Gasteiger partial charge in [-0.2, -0.15) is 5.10 Å². The standard InChI is InChI=1S/C23H24FN5O2S/c1-15(4-5-16-6-10-18(11-7-16)28(2)3)26-27-23(25)32-20-14-21(30)29(22(20)31)19-12-8-17(24)9-13-19/h4-13,20H,14H2,1-3H3,(H2,25,27). The van der Waals surface area contributed by atoms with Crippen LogP contribution in [-0.2, 0) is 9.59 Å². The summed E-state index contributed by atoms with van der Waals surface area (Å²) in [6.07, 6.45) is 3.71. The van der Waals surface area contributed by atoms with Gasteiger partial charge < -0.3 is 10.6 Å². The van der Waals surface area contributed by atoms with E-state index in [9.17, 15) is 14.0 Å². The maximum atomic E-state index is 13.1. The smallest absolute Gasteiger partial charge is 0.247 e. The monoisotopic (exact) mass is 453 g/mol. The number of nitrogens with two attached hydrogens (primary N) is 1. The zero-order valence-electron chi connectivity index (χ0n) is 18.0. The van der Waals surface area contributed by atoms with E-state index in [0.717, 1.165) is 27.9 Å². The van der Waals surface area contributed by atoms with E-state index in [4.69, 9.17) is 5.73 Å². The molecule has 0 aliphatic carbocycles. The van der Waals surface area contributed by atoms with Crippen molar-refractivity contribution in [3.8, 4) is 0 Å². The fourth-order valence-corrected chi connectivity index (χ4v) is 3.80. The van der Waals surface area contributed by atoms with Crippen LogP contribution in [0.25, 0.3) is 6.08 Å². The first-order valence-electron chi connectivity index (χ1n) is 9.87. The molecular formula is C23H24FN5O2S. The molecule has 166 valence electrons. The Balaban J connectivity index is 1.61. The maximum Gasteiger partial charge on any atom is 0.247 e. The predicted molar refractivity (Wildman–Crippen MR) is 129 cm³/mol. The fraction of sp³-hybridized carbons (Fsp3) is 0.217. The summed E-state index contributed by atoms with van der Waals surface area (Å²) in [5.74, 6) is -1.22. The minimum absolute atomic E-state index is 0.0113. The van der Waals surface area contributed by atoms with E-state index in [-0.39, 0.29) is 17.5 Å². The molecule has 0 radical (unpaired) electrons. The molecule has 1 fully saturated rings. The van der Waals surface area contributed by atoms with E-state index in [1.165, 1.54) is 24.3 Å². The number of amidine groups is 1. The summed E-state index contributed by atoms with van der Waals surface area (Å²) in [6, 6.07) is 13.2. The maximum absolute atomic E-state index is 13.1. The molecular weight excluding hydrogens is 429 g/mol. The van der Waals surface area contributed by atoms with Gasteiger partial charge in [0.25, 0.3) is 0 Å². The number of thioether (sulfide) groups is 1. The molecule has 0 spiro atoms. The van der Waals surface area contributed by atoms with Crippen molar-refractivity contribution < 1.29 is 14.0 Å². The van der Waals surface area contributed by atoms with E-state index in [1.807, 2.05) is 55.4 Å². The lowest BCUT2D eigenvalue weighted by atomic mass is 10.2. The van der Waals surface area contributed by atoms with Crippen LogP contribution in [0.5, 0.6) is 0 Å². The molecule has 0 bridgehead atoms. The van der Waals surface area contributed by atoms with Gasteiger partial charge in [0, 0.05) is 26.2 Å². The Labute approximate surface area is 190 Å². The molecule has 7 nitrogen and oxygen atoms in total. The van der Waals surface area contributed by atoms with Crippen molar-refractivity contribution in [2.45, 2.75) is 18.6 Å². The van der Waals surface area contributed by atoms with Crippen LogP contribution in [-0.4, -0.2) is 42.0 Å². The molecule has 2 aromatic rings. The molecule has 1 aliphatic heterocycles. The summed E-state index contributed by atoms with van der Waals surface area (Å²) >= 11 is 0.987. The van der Waals surface area contributed by atoms with Crippen molar-refractivity contribution in [1.82, 2.24) is 0 Å². The van der Waals surface area contributed by atoms with Crippen molar-refractivity contribution in [2.75, 3.05) is 23.9 Å². The Morgan fingerprint density at radius 3 is 2.41 bits per heavy atom. The summed E-state index contributed by atoms with van der Waals surface area (Å²) in [5, 5.41) is 7.42. The van der Waals surface area contributed by atoms with Crippen LogP contribution >= 0.6 is 11.8 Å². The Morgan fingerprint density at radius 2 is 1.78 bits per heavy atom. The first-order chi connectivity index (χ1) is 15.2. The van der Waals surface area contributed by atoms with Gasteiger partial charge in [0.15, 0.2) is 5.17 Å². The minimum Gasteiger partial charge on any atom is -0.378 e. The molecule has 1 atom stereocenters. The third-order valence-electron chi connectivity index (χ3n) is 4.69. The van der Waals surface area contributed by atoms with Crippen molar-refractivity contribution >= 4 is 51.9 Å². The van der Waals surface area contributed by atoms with Crippen LogP contribution in [0.3, 0.4) is 0 Å². The van der Waals surface area contributed by atoms with E-state index in [2.05, 4.69) is 10.2 Å². The van der Waals surface area contributed by atoms with E-state index >= 15 is 0 Å². The molecule has 32 heavy (non-hydrogen) atoms. The Morgan fingerprint density at radius 1 is 1.12 bits per heavy atom. The Kier molecular flexibility index (Phi) is 7.42. The summed E-state index contributed by atoms with van der Waals surface area (Å²) < 4.78 is 13.1. The van der Waals surface area contributed by atoms with Crippen LogP contribution in [0.2, 0.25) is 0 Å². The number of rotatable bonds is 6. The summed E-state index contributed by atoms with van der Waals surface area (Å²) in [5.41, 5.74) is 9.01. The van der Waals surface area contributed by atoms with Crippen molar-refractivity contribution in [3.05, 3.63) is 66.0 Å². The first kappa shape index (κ1) is 23.2. The zero-order valence-corrected chi connectivity index (χ0v) is 18.8. The molecule has 0 aromatic heterocycles. The number of carbonyl (C=O) groups is 2. The highest BCUT2D eigenvalue weighted by atomic mass is 32.2.